The van der Waals surface area contributed by atoms with Crippen LogP contribution in [0.25, 0.3) is 0 Å². The summed E-state index contributed by atoms with van der Waals surface area (Å²) >= 11 is 0. The number of pyridine rings is 1. The third kappa shape index (κ3) is 4.32. The normalized spacial score (nSPS) is 10.9. The summed E-state index contributed by atoms with van der Waals surface area (Å²) in [5.41, 5.74) is 0.902. The number of hydrogen-bond donors (Lipinski definition) is 1. The summed E-state index contributed by atoms with van der Waals surface area (Å²) in [6.45, 7) is 5.12. The summed E-state index contributed by atoms with van der Waals surface area (Å²) in [7, 11) is 4.16. The molecule has 0 amide bonds. The fourth-order valence-electron chi connectivity index (χ4n) is 1.83. The minimum Gasteiger partial charge on any atom is -0.392 e. The number of aromatic nitrogens is 1. The Hall–Kier alpha value is -1.13. The van der Waals surface area contributed by atoms with Gasteiger partial charge < -0.3 is 14.9 Å². The first-order valence-electron chi connectivity index (χ1n) is 6.13. The molecule has 96 valence electrons. The molecule has 0 aliphatic rings. The van der Waals surface area contributed by atoms with Gasteiger partial charge in [-0.15, -0.1) is 0 Å². The zero-order valence-electron chi connectivity index (χ0n) is 11.1. The van der Waals surface area contributed by atoms with Crippen LogP contribution in [0, 0.1) is 0 Å². The highest BCUT2D eigenvalue weighted by atomic mass is 16.3. The average Bonchev–Trinajstić information content (AvgIpc) is 2.34. The lowest BCUT2D eigenvalue weighted by Gasteiger charge is -2.24. The van der Waals surface area contributed by atoms with Crippen molar-refractivity contribution >= 4 is 5.82 Å². The second-order valence-electron chi connectivity index (χ2n) is 4.38. The Morgan fingerprint density at radius 1 is 1.29 bits per heavy atom. The fraction of sp³-hybridized carbons (Fsp3) is 0.615. The molecule has 0 spiro atoms. The Morgan fingerprint density at radius 3 is 2.65 bits per heavy atom. The lowest BCUT2D eigenvalue weighted by molar-refractivity contribution is 0.281. The van der Waals surface area contributed by atoms with Gasteiger partial charge in [-0.3, -0.25) is 0 Å². The Balaban J connectivity index is 2.65. The van der Waals surface area contributed by atoms with Crippen LogP contribution < -0.4 is 4.90 Å². The Bertz CT molecular complexity index is 328. The van der Waals surface area contributed by atoms with Crippen LogP contribution in [0.2, 0.25) is 0 Å². The molecule has 0 aliphatic heterocycles. The van der Waals surface area contributed by atoms with E-state index in [-0.39, 0.29) is 6.61 Å². The minimum atomic E-state index is 0.0490. The molecule has 0 aromatic carbocycles. The molecule has 0 aliphatic carbocycles. The van der Waals surface area contributed by atoms with Gasteiger partial charge in [0.2, 0.25) is 0 Å². The van der Waals surface area contributed by atoms with Gasteiger partial charge in [-0.05, 0) is 40.1 Å². The van der Waals surface area contributed by atoms with Crippen molar-refractivity contribution < 1.29 is 5.11 Å². The SMILES string of the molecule is CCN(CCCN(C)C)c1ncccc1CO. The number of aliphatic hydroxyl groups excluding tert-OH is 1. The van der Waals surface area contributed by atoms with Crippen molar-refractivity contribution in [1.82, 2.24) is 9.88 Å². The van der Waals surface area contributed by atoms with Gasteiger partial charge in [0.25, 0.3) is 0 Å². The van der Waals surface area contributed by atoms with Crippen molar-refractivity contribution in [1.29, 1.82) is 0 Å². The number of hydrogen-bond acceptors (Lipinski definition) is 4. The molecule has 4 heteroatoms. The van der Waals surface area contributed by atoms with Gasteiger partial charge in [0, 0.05) is 24.8 Å². The highest BCUT2D eigenvalue weighted by molar-refractivity contribution is 5.46. The topological polar surface area (TPSA) is 39.6 Å². The van der Waals surface area contributed by atoms with Crippen LogP contribution in [0.1, 0.15) is 18.9 Å². The lowest BCUT2D eigenvalue weighted by Crippen LogP contribution is -2.28. The van der Waals surface area contributed by atoms with E-state index < -0.39 is 0 Å². The summed E-state index contributed by atoms with van der Waals surface area (Å²) < 4.78 is 0. The number of aliphatic hydroxyl groups is 1. The zero-order valence-corrected chi connectivity index (χ0v) is 11.1. The lowest BCUT2D eigenvalue weighted by atomic mass is 10.2. The van der Waals surface area contributed by atoms with E-state index in [1.807, 2.05) is 12.1 Å². The monoisotopic (exact) mass is 237 g/mol. The van der Waals surface area contributed by atoms with Crippen molar-refractivity contribution in [3.63, 3.8) is 0 Å². The molecular weight excluding hydrogens is 214 g/mol. The van der Waals surface area contributed by atoms with E-state index in [9.17, 15) is 5.11 Å². The molecule has 0 atom stereocenters. The van der Waals surface area contributed by atoms with Crippen molar-refractivity contribution in [2.75, 3.05) is 38.6 Å². The standard InChI is InChI=1S/C13H23N3O/c1-4-16(10-6-9-15(2)3)13-12(11-17)7-5-8-14-13/h5,7-8,17H,4,6,9-11H2,1-3H3. The van der Waals surface area contributed by atoms with Crippen LogP contribution in [0.3, 0.4) is 0 Å². The fourth-order valence-corrected chi connectivity index (χ4v) is 1.83. The first-order chi connectivity index (χ1) is 8.19. The first kappa shape index (κ1) is 13.9. The third-order valence-corrected chi connectivity index (χ3v) is 2.75. The Labute approximate surface area is 104 Å². The number of nitrogens with zero attached hydrogens (tertiary/aromatic N) is 3. The molecule has 1 aromatic rings. The van der Waals surface area contributed by atoms with Crippen LogP contribution in [0.4, 0.5) is 5.82 Å². The molecule has 1 aromatic heterocycles. The van der Waals surface area contributed by atoms with Crippen molar-refractivity contribution in [3.8, 4) is 0 Å². The molecule has 1 heterocycles. The quantitative estimate of drug-likeness (QED) is 0.777. The Morgan fingerprint density at radius 2 is 2.06 bits per heavy atom. The molecule has 0 radical (unpaired) electrons. The van der Waals surface area contributed by atoms with E-state index in [1.54, 1.807) is 6.20 Å². The highest BCUT2D eigenvalue weighted by Crippen LogP contribution is 2.17. The highest BCUT2D eigenvalue weighted by Gasteiger charge is 2.09. The zero-order chi connectivity index (χ0) is 12.7. The van der Waals surface area contributed by atoms with Crippen LogP contribution in [-0.4, -0.2) is 48.7 Å². The van der Waals surface area contributed by atoms with Gasteiger partial charge in [-0.25, -0.2) is 4.98 Å². The van der Waals surface area contributed by atoms with E-state index in [1.165, 1.54) is 0 Å². The van der Waals surface area contributed by atoms with Gasteiger partial charge in [0.05, 0.1) is 6.61 Å². The molecule has 1 N–H and O–H groups in total. The molecule has 0 bridgehead atoms. The smallest absolute Gasteiger partial charge is 0.134 e. The van der Waals surface area contributed by atoms with Crippen LogP contribution in [0.5, 0.6) is 0 Å². The molecule has 17 heavy (non-hydrogen) atoms. The summed E-state index contributed by atoms with van der Waals surface area (Å²) in [4.78, 5) is 8.77. The maximum atomic E-state index is 9.30. The van der Waals surface area contributed by atoms with E-state index in [2.05, 4.69) is 35.8 Å². The molecule has 0 saturated heterocycles. The maximum absolute atomic E-state index is 9.30. The predicted molar refractivity (Wildman–Crippen MR) is 71.2 cm³/mol. The van der Waals surface area contributed by atoms with Gasteiger partial charge in [0.15, 0.2) is 0 Å². The van der Waals surface area contributed by atoms with Crippen molar-refractivity contribution in [2.24, 2.45) is 0 Å². The van der Waals surface area contributed by atoms with Gasteiger partial charge in [-0.2, -0.15) is 0 Å². The average molecular weight is 237 g/mol. The van der Waals surface area contributed by atoms with Crippen molar-refractivity contribution in [2.45, 2.75) is 20.0 Å². The van der Waals surface area contributed by atoms with E-state index >= 15 is 0 Å². The number of rotatable bonds is 7. The molecule has 0 unspecified atom stereocenters. The molecule has 0 saturated carbocycles. The van der Waals surface area contributed by atoms with Crippen LogP contribution in [-0.2, 0) is 6.61 Å². The second kappa shape index (κ2) is 7.25. The largest absolute Gasteiger partial charge is 0.392 e. The van der Waals surface area contributed by atoms with Crippen LogP contribution >= 0.6 is 0 Å². The predicted octanol–water partition coefficient (Wildman–Crippen LogP) is 1.35. The van der Waals surface area contributed by atoms with Crippen LogP contribution in [0.15, 0.2) is 18.3 Å². The first-order valence-corrected chi connectivity index (χ1v) is 6.13. The van der Waals surface area contributed by atoms with Gasteiger partial charge in [-0.1, -0.05) is 6.07 Å². The summed E-state index contributed by atoms with van der Waals surface area (Å²) in [5, 5.41) is 9.30. The molecule has 4 nitrogen and oxygen atoms in total. The van der Waals surface area contributed by atoms with Gasteiger partial charge >= 0.3 is 0 Å². The molecule has 0 fully saturated rings. The Kier molecular flexibility index (Phi) is 5.94. The summed E-state index contributed by atoms with van der Waals surface area (Å²) in [6.07, 6.45) is 2.88. The second-order valence-corrected chi connectivity index (χ2v) is 4.38. The van der Waals surface area contributed by atoms with E-state index in [0.717, 1.165) is 37.4 Å². The minimum absolute atomic E-state index is 0.0490. The van der Waals surface area contributed by atoms with Gasteiger partial charge in [0.1, 0.15) is 5.82 Å². The molecule has 1 rings (SSSR count). The third-order valence-electron chi connectivity index (χ3n) is 2.75. The number of anilines is 1. The van der Waals surface area contributed by atoms with Crippen molar-refractivity contribution in [3.05, 3.63) is 23.9 Å². The maximum Gasteiger partial charge on any atom is 0.134 e. The summed E-state index contributed by atoms with van der Waals surface area (Å²) in [6, 6.07) is 3.79. The van der Waals surface area contributed by atoms with E-state index in [0.29, 0.717) is 0 Å². The summed E-state index contributed by atoms with van der Waals surface area (Å²) in [5.74, 6) is 0.913. The molecular formula is C13H23N3O. The van der Waals surface area contributed by atoms with E-state index in [4.69, 9.17) is 0 Å².